The highest BCUT2D eigenvalue weighted by molar-refractivity contribution is 5.81. The highest BCUT2D eigenvalue weighted by atomic mass is 16.5. The summed E-state index contributed by atoms with van der Waals surface area (Å²) in [5.41, 5.74) is 1.31. The molecule has 3 aromatic carbocycles. The molecule has 200 valence electrons. The first-order chi connectivity index (χ1) is 18.5. The fraction of sp³-hybridized carbons (Fsp3) is 0.310. The van der Waals surface area contributed by atoms with Crippen molar-refractivity contribution in [2.45, 2.75) is 12.5 Å². The molecular formula is C29H33N3O6. The van der Waals surface area contributed by atoms with Gasteiger partial charge in [0, 0.05) is 19.2 Å². The molecule has 0 amide bonds. The fourth-order valence-corrected chi connectivity index (χ4v) is 3.91. The van der Waals surface area contributed by atoms with Gasteiger partial charge in [-0.15, -0.1) is 0 Å². The first-order valence-electron chi connectivity index (χ1n) is 12.4. The van der Waals surface area contributed by atoms with Crippen molar-refractivity contribution in [3.8, 4) is 34.4 Å². The normalized spacial score (nSPS) is 11.8. The number of benzene rings is 3. The summed E-state index contributed by atoms with van der Waals surface area (Å²) in [6, 6.07) is 20.0. The van der Waals surface area contributed by atoms with Crippen molar-refractivity contribution >= 4 is 10.9 Å². The van der Waals surface area contributed by atoms with E-state index in [1.165, 1.54) is 0 Å². The average Bonchev–Trinajstić information content (AvgIpc) is 2.96. The van der Waals surface area contributed by atoms with Gasteiger partial charge in [-0.05, 0) is 79.7 Å². The van der Waals surface area contributed by atoms with Gasteiger partial charge in [-0.1, -0.05) is 0 Å². The van der Waals surface area contributed by atoms with Crippen LogP contribution in [0.4, 0.5) is 0 Å². The highest BCUT2D eigenvalue weighted by Gasteiger charge is 2.11. The van der Waals surface area contributed by atoms with E-state index < -0.39 is 6.10 Å². The maximum Gasteiger partial charge on any atom is 0.261 e. The fourth-order valence-electron chi connectivity index (χ4n) is 3.91. The predicted octanol–water partition coefficient (Wildman–Crippen LogP) is 3.42. The molecule has 9 nitrogen and oxygen atoms in total. The van der Waals surface area contributed by atoms with E-state index in [1.54, 1.807) is 56.2 Å². The van der Waals surface area contributed by atoms with Crippen molar-refractivity contribution in [1.29, 1.82) is 0 Å². The average molecular weight is 520 g/mol. The van der Waals surface area contributed by atoms with Crippen molar-refractivity contribution in [2.24, 2.45) is 7.05 Å². The second-order valence-corrected chi connectivity index (χ2v) is 8.75. The molecule has 9 heteroatoms. The maximum atomic E-state index is 12.9. The van der Waals surface area contributed by atoms with Gasteiger partial charge in [0.2, 0.25) is 0 Å². The van der Waals surface area contributed by atoms with Crippen molar-refractivity contribution in [3.05, 3.63) is 77.1 Å². The van der Waals surface area contributed by atoms with Gasteiger partial charge < -0.3 is 29.4 Å². The molecule has 0 radical (unpaired) electrons. The second kappa shape index (κ2) is 12.9. The zero-order valence-corrected chi connectivity index (χ0v) is 21.8. The lowest BCUT2D eigenvalue weighted by atomic mass is 10.1. The van der Waals surface area contributed by atoms with Crippen LogP contribution in [0.3, 0.4) is 0 Å². The van der Waals surface area contributed by atoms with Crippen molar-refractivity contribution < 1.29 is 24.1 Å². The molecule has 1 unspecified atom stereocenters. The standard InChI is InChI=1S/C29H33N3O6/c1-32-28(31-27-14-13-25(36-3)17-26(27)29(32)34)20-5-7-23(8-6-20)37-16-4-15-30-18-21(33)19-38-24-11-9-22(35-2)10-12-24/h5-14,17,21,30,33H,4,15-16,18-19H2,1-3H3. The van der Waals surface area contributed by atoms with Crippen molar-refractivity contribution in [3.63, 3.8) is 0 Å². The van der Waals surface area contributed by atoms with Gasteiger partial charge in [-0.3, -0.25) is 9.36 Å². The van der Waals surface area contributed by atoms with E-state index in [4.69, 9.17) is 18.9 Å². The molecule has 38 heavy (non-hydrogen) atoms. The molecule has 0 aliphatic rings. The van der Waals surface area contributed by atoms with Crippen molar-refractivity contribution in [2.75, 3.05) is 40.5 Å². The van der Waals surface area contributed by atoms with E-state index in [2.05, 4.69) is 10.3 Å². The van der Waals surface area contributed by atoms with Crippen LogP contribution in [0.15, 0.2) is 71.5 Å². The smallest absolute Gasteiger partial charge is 0.261 e. The monoisotopic (exact) mass is 519 g/mol. The van der Waals surface area contributed by atoms with Gasteiger partial charge in [-0.25, -0.2) is 4.98 Å². The Morgan fingerprint density at radius 2 is 1.53 bits per heavy atom. The lowest BCUT2D eigenvalue weighted by molar-refractivity contribution is 0.106. The molecule has 1 aromatic heterocycles. The van der Waals surface area contributed by atoms with E-state index in [-0.39, 0.29) is 12.2 Å². The van der Waals surface area contributed by atoms with E-state index >= 15 is 0 Å². The number of fused-ring (bicyclic) bond motifs is 1. The Kier molecular flexibility index (Phi) is 9.18. The summed E-state index contributed by atoms with van der Waals surface area (Å²) in [5.74, 6) is 3.38. The Bertz CT molecular complexity index is 1390. The molecular weight excluding hydrogens is 486 g/mol. The minimum Gasteiger partial charge on any atom is -0.497 e. The number of nitrogens with zero attached hydrogens (tertiary/aromatic N) is 2. The molecule has 0 spiro atoms. The number of aliphatic hydroxyl groups is 1. The summed E-state index contributed by atoms with van der Waals surface area (Å²) >= 11 is 0. The SMILES string of the molecule is COc1ccc(OCC(O)CNCCCOc2ccc(-c3nc4ccc(OC)cc4c(=O)n3C)cc2)cc1. The topological polar surface area (TPSA) is 104 Å². The quantitative estimate of drug-likeness (QED) is 0.259. The molecule has 2 N–H and O–H groups in total. The minimum absolute atomic E-state index is 0.130. The lowest BCUT2D eigenvalue weighted by Crippen LogP contribution is -2.32. The Morgan fingerprint density at radius 3 is 2.24 bits per heavy atom. The van der Waals surface area contributed by atoms with Crippen LogP contribution in [0.5, 0.6) is 23.0 Å². The van der Waals surface area contributed by atoms with Gasteiger partial charge in [0.05, 0.1) is 31.7 Å². The molecule has 0 saturated carbocycles. The molecule has 1 heterocycles. The van der Waals surface area contributed by atoms with Crippen LogP contribution in [0, 0.1) is 0 Å². The highest BCUT2D eigenvalue weighted by Crippen LogP contribution is 2.23. The largest absolute Gasteiger partial charge is 0.497 e. The third-order valence-electron chi connectivity index (χ3n) is 6.04. The Labute approximate surface area is 221 Å². The molecule has 0 fully saturated rings. The zero-order chi connectivity index (χ0) is 26.9. The third kappa shape index (κ3) is 6.81. The number of hydrogen-bond acceptors (Lipinski definition) is 8. The zero-order valence-electron chi connectivity index (χ0n) is 21.8. The molecule has 4 aromatic rings. The second-order valence-electron chi connectivity index (χ2n) is 8.75. The molecule has 0 saturated heterocycles. The summed E-state index contributed by atoms with van der Waals surface area (Å²) in [4.78, 5) is 17.5. The summed E-state index contributed by atoms with van der Waals surface area (Å²) in [5, 5.41) is 13.8. The molecule has 0 aliphatic heterocycles. The van der Waals surface area contributed by atoms with E-state index in [0.29, 0.717) is 47.9 Å². The number of methoxy groups -OCH3 is 2. The number of ether oxygens (including phenoxy) is 4. The molecule has 1 atom stereocenters. The maximum absolute atomic E-state index is 12.9. The third-order valence-corrected chi connectivity index (χ3v) is 6.04. The number of nitrogens with one attached hydrogen (secondary N) is 1. The Balaban J connectivity index is 1.20. The summed E-state index contributed by atoms with van der Waals surface area (Å²) in [6.07, 6.45) is 0.158. The first kappa shape index (κ1) is 27.0. The molecule has 4 rings (SSSR count). The number of aliphatic hydroxyl groups excluding tert-OH is 1. The van der Waals surface area contributed by atoms with E-state index in [9.17, 15) is 9.90 Å². The Morgan fingerprint density at radius 1 is 0.895 bits per heavy atom. The van der Waals surface area contributed by atoms with Crippen LogP contribution in [0.1, 0.15) is 6.42 Å². The van der Waals surface area contributed by atoms with Gasteiger partial charge in [-0.2, -0.15) is 0 Å². The molecule has 0 bridgehead atoms. The van der Waals surface area contributed by atoms with Gasteiger partial charge in [0.25, 0.3) is 5.56 Å². The van der Waals surface area contributed by atoms with Crippen LogP contribution >= 0.6 is 0 Å². The van der Waals surface area contributed by atoms with Gasteiger partial charge >= 0.3 is 0 Å². The summed E-state index contributed by atoms with van der Waals surface area (Å²) in [6.45, 7) is 1.86. The van der Waals surface area contributed by atoms with Crippen LogP contribution in [0.25, 0.3) is 22.3 Å². The minimum atomic E-state index is -0.618. The number of hydrogen-bond donors (Lipinski definition) is 2. The van der Waals surface area contributed by atoms with Crippen LogP contribution in [0.2, 0.25) is 0 Å². The number of rotatable bonds is 13. The predicted molar refractivity (Wildman–Crippen MR) is 146 cm³/mol. The van der Waals surface area contributed by atoms with E-state index in [0.717, 1.165) is 23.5 Å². The Hall–Kier alpha value is -4.08. The lowest BCUT2D eigenvalue weighted by Gasteiger charge is -2.14. The van der Waals surface area contributed by atoms with E-state index in [1.807, 2.05) is 36.4 Å². The molecule has 0 aliphatic carbocycles. The van der Waals surface area contributed by atoms with Crippen LogP contribution < -0.4 is 29.8 Å². The summed E-state index contributed by atoms with van der Waals surface area (Å²) < 4.78 is 23.3. The van der Waals surface area contributed by atoms with Crippen molar-refractivity contribution in [1.82, 2.24) is 14.9 Å². The van der Waals surface area contributed by atoms with Gasteiger partial charge in [0.1, 0.15) is 41.5 Å². The number of aromatic nitrogens is 2. The van der Waals surface area contributed by atoms with Gasteiger partial charge in [0.15, 0.2) is 0 Å². The summed E-state index contributed by atoms with van der Waals surface area (Å²) in [7, 11) is 4.89. The van der Waals surface area contributed by atoms with Crippen LogP contribution in [-0.2, 0) is 7.05 Å². The first-order valence-corrected chi connectivity index (χ1v) is 12.4. The van der Waals surface area contributed by atoms with Crippen LogP contribution in [-0.4, -0.2) is 61.3 Å².